The smallest absolute Gasteiger partial charge is 0.321 e. The zero-order valence-corrected chi connectivity index (χ0v) is 14.5. The first-order valence-corrected chi connectivity index (χ1v) is 8.32. The third-order valence-electron chi connectivity index (χ3n) is 4.36. The molecule has 1 aromatic rings. The van der Waals surface area contributed by atoms with Gasteiger partial charge in [-0.2, -0.15) is 0 Å². The fraction of sp³-hybridized carbons (Fsp3) is 0.556. The molecule has 1 saturated heterocycles. The van der Waals surface area contributed by atoms with E-state index in [2.05, 4.69) is 51.2 Å². The number of carbonyl (C=O) groups is 2. The summed E-state index contributed by atoms with van der Waals surface area (Å²) in [5.41, 5.74) is 3.27. The number of anilines is 1. The van der Waals surface area contributed by atoms with Crippen molar-refractivity contribution < 1.29 is 9.59 Å². The van der Waals surface area contributed by atoms with Crippen LogP contribution < -0.4 is 5.32 Å². The summed E-state index contributed by atoms with van der Waals surface area (Å²) in [6.07, 6.45) is 0.847. The Bertz CT molecular complexity index is 535. The number of benzene rings is 1. The van der Waals surface area contributed by atoms with Gasteiger partial charge in [-0.25, -0.2) is 4.79 Å². The molecule has 0 unspecified atom stereocenters. The third-order valence-corrected chi connectivity index (χ3v) is 4.36. The highest BCUT2D eigenvalue weighted by Gasteiger charge is 2.22. The average molecular weight is 317 g/mol. The van der Waals surface area contributed by atoms with E-state index in [0.29, 0.717) is 38.0 Å². The Morgan fingerprint density at radius 3 is 2.00 bits per heavy atom. The van der Waals surface area contributed by atoms with Gasteiger partial charge in [-0.3, -0.25) is 4.79 Å². The van der Waals surface area contributed by atoms with Gasteiger partial charge in [0.25, 0.3) is 0 Å². The number of hydrogen-bond donors (Lipinski definition) is 1. The normalized spacial score (nSPS) is 15.2. The molecule has 0 radical (unpaired) electrons. The van der Waals surface area contributed by atoms with Crippen molar-refractivity contribution in [2.45, 2.75) is 39.5 Å². The standard InChI is InChI=1S/C18H27N3O2/c1-13(2)15-6-5-7-16(14(3)4)17(15)19-18(23)21-10-8-20(12-22)9-11-21/h5-7,12-14H,8-11H2,1-4H3,(H,19,23). The fourth-order valence-electron chi connectivity index (χ4n) is 2.91. The van der Waals surface area contributed by atoms with Crippen LogP contribution in [0.1, 0.15) is 50.7 Å². The quantitative estimate of drug-likeness (QED) is 0.867. The first kappa shape index (κ1) is 17.3. The van der Waals surface area contributed by atoms with E-state index in [1.807, 2.05) is 0 Å². The van der Waals surface area contributed by atoms with E-state index < -0.39 is 0 Å². The number of hydrogen-bond acceptors (Lipinski definition) is 2. The van der Waals surface area contributed by atoms with Gasteiger partial charge in [0.15, 0.2) is 0 Å². The number of urea groups is 1. The Labute approximate surface area is 138 Å². The predicted octanol–water partition coefficient (Wildman–Crippen LogP) is 3.24. The number of piperazine rings is 1. The SMILES string of the molecule is CC(C)c1cccc(C(C)C)c1NC(=O)N1CCN(C=O)CC1. The molecule has 0 bridgehead atoms. The van der Waals surface area contributed by atoms with Crippen LogP contribution in [-0.2, 0) is 4.79 Å². The molecule has 0 spiro atoms. The van der Waals surface area contributed by atoms with Crippen LogP contribution in [0.2, 0.25) is 0 Å². The van der Waals surface area contributed by atoms with Crippen LogP contribution in [-0.4, -0.2) is 48.4 Å². The second kappa shape index (κ2) is 7.49. The molecule has 0 aliphatic carbocycles. The number of para-hydroxylation sites is 1. The number of nitrogens with one attached hydrogen (secondary N) is 1. The molecule has 3 amide bonds. The summed E-state index contributed by atoms with van der Waals surface area (Å²) in [7, 11) is 0. The van der Waals surface area contributed by atoms with E-state index in [1.165, 1.54) is 0 Å². The Hall–Kier alpha value is -2.04. The molecule has 1 fully saturated rings. The summed E-state index contributed by atoms with van der Waals surface area (Å²) in [4.78, 5) is 26.9. The van der Waals surface area contributed by atoms with Crippen LogP contribution >= 0.6 is 0 Å². The van der Waals surface area contributed by atoms with Crippen LogP contribution in [0.5, 0.6) is 0 Å². The molecule has 2 rings (SSSR count). The number of carbonyl (C=O) groups excluding carboxylic acids is 2. The summed E-state index contributed by atoms with van der Waals surface area (Å²) in [6.45, 7) is 10.9. The highest BCUT2D eigenvalue weighted by molar-refractivity contribution is 5.91. The fourth-order valence-corrected chi connectivity index (χ4v) is 2.91. The van der Waals surface area contributed by atoms with E-state index in [-0.39, 0.29) is 6.03 Å². The van der Waals surface area contributed by atoms with Crippen molar-refractivity contribution in [3.63, 3.8) is 0 Å². The van der Waals surface area contributed by atoms with Gasteiger partial charge in [0.2, 0.25) is 6.41 Å². The molecule has 1 aromatic carbocycles. The van der Waals surface area contributed by atoms with Gasteiger partial charge in [-0.15, -0.1) is 0 Å². The molecule has 1 N–H and O–H groups in total. The lowest BCUT2D eigenvalue weighted by Crippen LogP contribution is -2.49. The van der Waals surface area contributed by atoms with Gasteiger partial charge in [0.05, 0.1) is 0 Å². The molecule has 5 heteroatoms. The number of amides is 3. The molecule has 0 aromatic heterocycles. The lowest BCUT2D eigenvalue weighted by atomic mass is 9.93. The summed E-state index contributed by atoms with van der Waals surface area (Å²) < 4.78 is 0. The molecule has 0 atom stereocenters. The zero-order valence-electron chi connectivity index (χ0n) is 14.5. The van der Waals surface area contributed by atoms with Crippen LogP contribution in [0.3, 0.4) is 0 Å². The van der Waals surface area contributed by atoms with Crippen molar-refractivity contribution >= 4 is 18.1 Å². The first-order valence-electron chi connectivity index (χ1n) is 8.32. The third kappa shape index (κ3) is 4.03. The topological polar surface area (TPSA) is 52.7 Å². The molecule has 1 aliphatic rings. The number of rotatable bonds is 4. The van der Waals surface area contributed by atoms with E-state index >= 15 is 0 Å². The molecule has 23 heavy (non-hydrogen) atoms. The summed E-state index contributed by atoms with van der Waals surface area (Å²) in [5.74, 6) is 0.687. The molecule has 126 valence electrons. The molecule has 1 heterocycles. The van der Waals surface area contributed by atoms with Crippen LogP contribution in [0, 0.1) is 0 Å². The lowest BCUT2D eigenvalue weighted by Gasteiger charge is -2.33. The highest BCUT2D eigenvalue weighted by atomic mass is 16.2. The molecular weight excluding hydrogens is 290 g/mol. The average Bonchev–Trinajstić information content (AvgIpc) is 2.54. The van der Waals surface area contributed by atoms with E-state index in [0.717, 1.165) is 23.2 Å². The molecular formula is C18H27N3O2. The second-order valence-electron chi connectivity index (χ2n) is 6.68. The zero-order chi connectivity index (χ0) is 17.0. The molecule has 1 aliphatic heterocycles. The Balaban J connectivity index is 2.18. The van der Waals surface area contributed by atoms with Crippen LogP contribution in [0.4, 0.5) is 10.5 Å². The minimum atomic E-state index is -0.0782. The molecule has 5 nitrogen and oxygen atoms in total. The second-order valence-corrected chi connectivity index (χ2v) is 6.68. The van der Waals surface area contributed by atoms with E-state index in [9.17, 15) is 9.59 Å². The van der Waals surface area contributed by atoms with Crippen molar-refractivity contribution in [2.75, 3.05) is 31.5 Å². The summed E-state index contributed by atoms with van der Waals surface area (Å²) >= 11 is 0. The predicted molar refractivity (Wildman–Crippen MR) is 92.8 cm³/mol. The number of nitrogens with zero attached hydrogens (tertiary/aromatic N) is 2. The summed E-state index contributed by atoms with van der Waals surface area (Å²) in [6, 6.07) is 6.14. The van der Waals surface area contributed by atoms with Gasteiger partial charge in [-0.05, 0) is 23.0 Å². The Morgan fingerprint density at radius 1 is 1.04 bits per heavy atom. The first-order chi connectivity index (χ1) is 10.9. The Kier molecular flexibility index (Phi) is 5.64. The maximum absolute atomic E-state index is 12.6. The maximum Gasteiger partial charge on any atom is 0.321 e. The molecule has 0 saturated carbocycles. The lowest BCUT2D eigenvalue weighted by molar-refractivity contribution is -0.119. The minimum absolute atomic E-state index is 0.0782. The van der Waals surface area contributed by atoms with Crippen molar-refractivity contribution in [1.82, 2.24) is 9.80 Å². The van der Waals surface area contributed by atoms with Crippen LogP contribution in [0.25, 0.3) is 0 Å². The Morgan fingerprint density at radius 2 is 1.57 bits per heavy atom. The van der Waals surface area contributed by atoms with Gasteiger partial charge in [0, 0.05) is 31.9 Å². The van der Waals surface area contributed by atoms with Crippen molar-refractivity contribution in [3.05, 3.63) is 29.3 Å². The van der Waals surface area contributed by atoms with Crippen molar-refractivity contribution in [3.8, 4) is 0 Å². The van der Waals surface area contributed by atoms with Gasteiger partial charge in [0.1, 0.15) is 0 Å². The van der Waals surface area contributed by atoms with Crippen molar-refractivity contribution in [2.24, 2.45) is 0 Å². The van der Waals surface area contributed by atoms with E-state index in [1.54, 1.807) is 9.80 Å². The van der Waals surface area contributed by atoms with Crippen LogP contribution in [0.15, 0.2) is 18.2 Å². The van der Waals surface area contributed by atoms with Gasteiger partial charge < -0.3 is 15.1 Å². The summed E-state index contributed by atoms with van der Waals surface area (Å²) in [5, 5.41) is 3.12. The van der Waals surface area contributed by atoms with Gasteiger partial charge >= 0.3 is 6.03 Å². The highest BCUT2D eigenvalue weighted by Crippen LogP contribution is 2.32. The minimum Gasteiger partial charge on any atom is -0.342 e. The van der Waals surface area contributed by atoms with E-state index in [4.69, 9.17) is 0 Å². The monoisotopic (exact) mass is 317 g/mol. The largest absolute Gasteiger partial charge is 0.342 e. The van der Waals surface area contributed by atoms with Gasteiger partial charge in [-0.1, -0.05) is 45.9 Å². The van der Waals surface area contributed by atoms with Crippen molar-refractivity contribution in [1.29, 1.82) is 0 Å². The maximum atomic E-state index is 12.6.